The van der Waals surface area contributed by atoms with E-state index in [1.165, 1.54) is 0 Å². The van der Waals surface area contributed by atoms with Crippen LogP contribution < -0.4 is 0 Å². The van der Waals surface area contributed by atoms with Gasteiger partial charge >= 0.3 is 0 Å². The van der Waals surface area contributed by atoms with E-state index < -0.39 is 18.1 Å². The molecule has 2 heterocycles. The molecule has 0 aliphatic heterocycles. The molecule has 8 rings (SSSR count). The van der Waals surface area contributed by atoms with Crippen LogP contribution in [0.5, 0.6) is 0 Å². The Morgan fingerprint density at radius 2 is 1.12 bits per heavy atom. The van der Waals surface area contributed by atoms with Crippen molar-refractivity contribution < 1.29 is 11.3 Å². The van der Waals surface area contributed by atoms with E-state index in [2.05, 4.69) is 17.1 Å². The summed E-state index contributed by atoms with van der Waals surface area (Å²) in [6.45, 7) is 0. The Balaban J connectivity index is 1.37. The van der Waals surface area contributed by atoms with Gasteiger partial charge in [-0.3, -0.25) is 0 Å². The minimum Gasteiger partial charge on any atom is -0.455 e. The van der Waals surface area contributed by atoms with Gasteiger partial charge in [0.05, 0.1) is 12.4 Å². The van der Waals surface area contributed by atoms with Crippen molar-refractivity contribution >= 4 is 32.7 Å². The molecule has 0 saturated heterocycles. The van der Waals surface area contributed by atoms with Gasteiger partial charge in [0.2, 0.25) is 0 Å². The van der Waals surface area contributed by atoms with Gasteiger partial charge in [0.15, 0.2) is 17.5 Å². The Kier molecular flexibility index (Phi) is 4.34. The molecule has 41 heavy (non-hydrogen) atoms. The first-order chi connectivity index (χ1) is 22.4. The minimum atomic E-state index is -0.482. The van der Waals surface area contributed by atoms with E-state index >= 15 is 0 Å². The summed E-state index contributed by atoms with van der Waals surface area (Å²) in [4.78, 5) is 14.3. The Hall–Kier alpha value is -5.61. The van der Waals surface area contributed by atoms with Gasteiger partial charge in [0.25, 0.3) is 0 Å². The van der Waals surface area contributed by atoms with E-state index in [0.717, 1.165) is 38.3 Å². The van der Waals surface area contributed by atoms with Crippen LogP contribution in [-0.2, 0) is 0 Å². The maximum absolute atomic E-state index is 8.63. The number of nitrogens with zero attached hydrogens (tertiary/aromatic N) is 3. The van der Waals surface area contributed by atoms with Crippen molar-refractivity contribution in [1.82, 2.24) is 15.0 Å². The predicted molar refractivity (Wildman–Crippen MR) is 166 cm³/mol. The summed E-state index contributed by atoms with van der Waals surface area (Å²) in [7, 11) is 0. The number of para-hydroxylation sites is 1. The van der Waals surface area contributed by atoms with E-state index in [0.29, 0.717) is 22.5 Å². The van der Waals surface area contributed by atoms with Crippen molar-refractivity contribution in [3.05, 3.63) is 139 Å². The third-order valence-electron chi connectivity index (χ3n) is 7.22. The van der Waals surface area contributed by atoms with Gasteiger partial charge in [-0.15, -0.1) is 0 Å². The summed E-state index contributed by atoms with van der Waals surface area (Å²) in [6, 6.07) is 33.5. The molecule has 0 atom stereocenters. The minimum absolute atomic E-state index is 0.0250. The molecule has 0 amide bonds. The lowest BCUT2D eigenvalue weighted by Gasteiger charge is -2.09. The molecule has 0 aliphatic rings. The number of hydrogen-bond donors (Lipinski definition) is 0. The van der Waals surface area contributed by atoms with E-state index in [1.807, 2.05) is 97.1 Å². The lowest BCUT2D eigenvalue weighted by Crippen LogP contribution is -2.00. The quantitative estimate of drug-likeness (QED) is 0.227. The van der Waals surface area contributed by atoms with Gasteiger partial charge in [-0.05, 0) is 40.1 Å². The second-order valence-electron chi connectivity index (χ2n) is 9.73. The summed E-state index contributed by atoms with van der Waals surface area (Å²) < 4.78 is 48.3. The van der Waals surface area contributed by atoms with Crippen molar-refractivity contribution in [3.63, 3.8) is 0 Å². The number of fused-ring (bicyclic) bond motifs is 4. The molecule has 0 bridgehead atoms. The van der Waals surface area contributed by atoms with Crippen molar-refractivity contribution in [2.45, 2.75) is 0 Å². The zero-order valence-corrected chi connectivity index (χ0v) is 21.6. The standard InChI is InChI=1S/C37H23N3O/c1-3-10-24(11-4-1)25-18-20-27(21-19-25)36-38-35(26-12-5-2-6-13-26)39-37(40-36)31-17-9-16-30-32-22-28-14-7-8-15-29(28)23-33(32)41-34(30)31/h1-23H/i2D,5D,6D,12D,13D. The monoisotopic (exact) mass is 530 g/mol. The van der Waals surface area contributed by atoms with Gasteiger partial charge in [-0.1, -0.05) is 121 Å². The number of aromatic nitrogens is 3. The average molecular weight is 531 g/mol. The van der Waals surface area contributed by atoms with Crippen LogP contribution in [0.2, 0.25) is 0 Å². The van der Waals surface area contributed by atoms with Crippen LogP contribution in [0, 0.1) is 0 Å². The highest BCUT2D eigenvalue weighted by Gasteiger charge is 2.18. The van der Waals surface area contributed by atoms with Crippen LogP contribution in [-0.4, -0.2) is 15.0 Å². The topological polar surface area (TPSA) is 51.8 Å². The SMILES string of the molecule is [2H]c1c([2H])c([2H])c(-c2nc(-c3ccc(-c4ccccc4)cc3)nc(-c3cccc4c3oc3cc5ccccc5cc34)n2)c([2H])c1[2H]. The molecule has 2 aromatic heterocycles. The second kappa shape index (κ2) is 9.54. The smallest absolute Gasteiger partial charge is 0.167 e. The Labute approximate surface area is 243 Å². The Morgan fingerprint density at radius 3 is 1.90 bits per heavy atom. The second-order valence-corrected chi connectivity index (χ2v) is 9.73. The van der Waals surface area contributed by atoms with Crippen LogP contribution >= 0.6 is 0 Å². The highest BCUT2D eigenvalue weighted by molar-refractivity contribution is 6.12. The number of rotatable bonds is 4. The molecule has 0 N–H and O–H groups in total. The number of furan rings is 1. The van der Waals surface area contributed by atoms with Gasteiger partial charge in [0.1, 0.15) is 11.2 Å². The van der Waals surface area contributed by atoms with E-state index in [1.54, 1.807) is 0 Å². The fourth-order valence-corrected chi connectivity index (χ4v) is 5.20. The summed E-state index contributed by atoms with van der Waals surface area (Å²) >= 11 is 0. The predicted octanol–water partition coefficient (Wildman–Crippen LogP) is 9.59. The summed E-state index contributed by atoms with van der Waals surface area (Å²) in [5.74, 6) is 0.529. The summed E-state index contributed by atoms with van der Waals surface area (Å²) in [6.07, 6.45) is 0. The largest absolute Gasteiger partial charge is 0.455 e. The van der Waals surface area contributed by atoms with Crippen molar-refractivity contribution in [1.29, 1.82) is 0 Å². The zero-order chi connectivity index (χ0) is 31.5. The highest BCUT2D eigenvalue weighted by atomic mass is 16.3. The maximum atomic E-state index is 8.63. The molecule has 0 unspecified atom stereocenters. The van der Waals surface area contributed by atoms with Crippen LogP contribution in [0.15, 0.2) is 144 Å². The van der Waals surface area contributed by atoms with Gasteiger partial charge in [-0.25, -0.2) is 15.0 Å². The van der Waals surface area contributed by atoms with E-state index in [4.69, 9.17) is 21.2 Å². The third kappa shape index (κ3) is 4.14. The molecular formula is C37H23N3O. The molecule has 0 spiro atoms. The number of hydrogen-bond acceptors (Lipinski definition) is 4. The first kappa shape index (κ1) is 18.6. The first-order valence-electron chi connectivity index (χ1n) is 15.7. The highest BCUT2D eigenvalue weighted by Crippen LogP contribution is 2.37. The third-order valence-corrected chi connectivity index (χ3v) is 7.22. The van der Waals surface area contributed by atoms with E-state index in [-0.39, 0.29) is 29.3 Å². The Bertz CT molecular complexity index is 2450. The lowest BCUT2D eigenvalue weighted by molar-refractivity contribution is 0.670. The fraction of sp³-hybridized carbons (Fsp3) is 0. The lowest BCUT2D eigenvalue weighted by atomic mass is 10.0. The maximum Gasteiger partial charge on any atom is 0.167 e. The fourth-order valence-electron chi connectivity index (χ4n) is 5.20. The molecule has 4 nitrogen and oxygen atoms in total. The van der Waals surface area contributed by atoms with E-state index in [9.17, 15) is 0 Å². The van der Waals surface area contributed by atoms with Crippen molar-refractivity contribution in [3.8, 4) is 45.3 Å². The van der Waals surface area contributed by atoms with Crippen molar-refractivity contribution in [2.24, 2.45) is 0 Å². The van der Waals surface area contributed by atoms with Crippen LogP contribution in [0.3, 0.4) is 0 Å². The van der Waals surface area contributed by atoms with Crippen molar-refractivity contribution in [2.75, 3.05) is 0 Å². The number of benzene rings is 6. The molecule has 8 aromatic rings. The molecule has 0 fully saturated rings. The summed E-state index contributed by atoms with van der Waals surface area (Å²) in [5.41, 5.74) is 4.56. The zero-order valence-electron chi connectivity index (χ0n) is 26.6. The molecule has 6 aromatic carbocycles. The van der Waals surface area contributed by atoms with Crippen LogP contribution in [0.4, 0.5) is 0 Å². The molecule has 4 heteroatoms. The normalized spacial score (nSPS) is 13.1. The molecule has 0 aliphatic carbocycles. The summed E-state index contributed by atoms with van der Waals surface area (Å²) in [5, 5.41) is 3.98. The molecule has 192 valence electrons. The molecule has 0 radical (unpaired) electrons. The first-order valence-corrected chi connectivity index (χ1v) is 13.2. The van der Waals surface area contributed by atoms with Crippen LogP contribution in [0.25, 0.3) is 78.0 Å². The van der Waals surface area contributed by atoms with Crippen LogP contribution in [0.1, 0.15) is 6.85 Å². The van der Waals surface area contributed by atoms with Gasteiger partial charge < -0.3 is 4.42 Å². The van der Waals surface area contributed by atoms with Gasteiger partial charge in [-0.2, -0.15) is 0 Å². The average Bonchev–Trinajstić information content (AvgIpc) is 3.47. The van der Waals surface area contributed by atoms with Gasteiger partial charge in [0, 0.05) is 21.9 Å². The Morgan fingerprint density at radius 1 is 0.488 bits per heavy atom. The molecule has 0 saturated carbocycles. The molecular weight excluding hydrogens is 502 g/mol.